The Labute approximate surface area is 146 Å². The van der Waals surface area contributed by atoms with Crippen LogP contribution < -0.4 is 5.32 Å². The lowest BCUT2D eigenvalue weighted by atomic mass is 10.1. The van der Waals surface area contributed by atoms with Crippen LogP contribution in [0.5, 0.6) is 0 Å². The fourth-order valence-corrected chi connectivity index (χ4v) is 2.88. The summed E-state index contributed by atoms with van der Waals surface area (Å²) in [6, 6.07) is 26.0. The highest BCUT2D eigenvalue weighted by atomic mass is 15.1. The zero-order valence-electron chi connectivity index (χ0n) is 13.6. The van der Waals surface area contributed by atoms with Gasteiger partial charge < -0.3 is 5.32 Å². The highest BCUT2D eigenvalue weighted by Gasteiger charge is 2.08. The number of aromatic nitrogens is 2. The Bertz CT molecular complexity index is 1060. The summed E-state index contributed by atoms with van der Waals surface area (Å²) in [6.45, 7) is 0.690. The first-order valence-electron chi connectivity index (χ1n) is 8.09. The molecule has 0 aliphatic heterocycles. The monoisotopic (exact) mass is 324 g/mol. The number of hydrogen-bond donors (Lipinski definition) is 1. The molecule has 0 saturated carbocycles. The predicted octanol–water partition coefficient (Wildman–Crippen LogP) is 4.51. The molecule has 0 bridgehead atoms. The molecule has 0 aliphatic rings. The van der Waals surface area contributed by atoms with E-state index in [1.165, 1.54) is 0 Å². The number of nitrogens with zero attached hydrogens (tertiary/aromatic N) is 3. The molecular formula is C21H16N4. The van der Waals surface area contributed by atoms with Gasteiger partial charge in [-0.05, 0) is 42.0 Å². The predicted molar refractivity (Wildman–Crippen MR) is 99.6 cm³/mol. The number of nitrogens with one attached hydrogen (secondary N) is 1. The van der Waals surface area contributed by atoms with E-state index in [2.05, 4.69) is 39.1 Å². The van der Waals surface area contributed by atoms with Crippen LogP contribution in [0.1, 0.15) is 11.1 Å². The third-order valence-corrected chi connectivity index (χ3v) is 4.18. The van der Waals surface area contributed by atoms with Crippen LogP contribution in [0.25, 0.3) is 16.7 Å². The smallest absolute Gasteiger partial charge is 0.100 e. The van der Waals surface area contributed by atoms with Gasteiger partial charge in [-0.1, -0.05) is 36.4 Å². The SMILES string of the molecule is N#Cc1ccc(CNc2ccccc2-n2cnc3ccccc32)cc1. The molecular weight excluding hydrogens is 308 g/mol. The van der Waals surface area contributed by atoms with Crippen molar-refractivity contribution in [1.82, 2.24) is 9.55 Å². The van der Waals surface area contributed by atoms with Crippen molar-refractivity contribution in [2.75, 3.05) is 5.32 Å². The number of fused-ring (bicyclic) bond motifs is 1. The minimum atomic E-state index is 0.675. The molecule has 4 nitrogen and oxygen atoms in total. The van der Waals surface area contributed by atoms with E-state index in [-0.39, 0.29) is 0 Å². The Balaban J connectivity index is 1.64. The first-order chi connectivity index (χ1) is 12.3. The maximum atomic E-state index is 8.89. The summed E-state index contributed by atoms with van der Waals surface area (Å²) >= 11 is 0. The normalized spacial score (nSPS) is 10.5. The van der Waals surface area contributed by atoms with Gasteiger partial charge in [-0.25, -0.2) is 4.98 Å². The average Bonchev–Trinajstić information content (AvgIpc) is 3.11. The van der Waals surface area contributed by atoms with Gasteiger partial charge in [0, 0.05) is 6.54 Å². The topological polar surface area (TPSA) is 53.6 Å². The molecule has 1 aromatic heterocycles. The van der Waals surface area contributed by atoms with Crippen molar-refractivity contribution in [3.8, 4) is 11.8 Å². The third kappa shape index (κ3) is 2.96. The first kappa shape index (κ1) is 15.0. The molecule has 0 fully saturated rings. The van der Waals surface area contributed by atoms with Crippen molar-refractivity contribution < 1.29 is 0 Å². The zero-order valence-corrected chi connectivity index (χ0v) is 13.6. The van der Waals surface area contributed by atoms with Gasteiger partial charge >= 0.3 is 0 Å². The number of benzene rings is 3. The van der Waals surface area contributed by atoms with E-state index in [0.717, 1.165) is 28.0 Å². The largest absolute Gasteiger partial charge is 0.379 e. The highest BCUT2D eigenvalue weighted by molar-refractivity contribution is 5.79. The van der Waals surface area contributed by atoms with Crippen LogP contribution in [0.15, 0.2) is 79.1 Å². The van der Waals surface area contributed by atoms with Gasteiger partial charge in [0.05, 0.1) is 34.0 Å². The lowest BCUT2D eigenvalue weighted by Gasteiger charge is -2.13. The van der Waals surface area contributed by atoms with Crippen LogP contribution in [-0.4, -0.2) is 9.55 Å². The lowest BCUT2D eigenvalue weighted by molar-refractivity contribution is 1.07. The molecule has 4 heteroatoms. The van der Waals surface area contributed by atoms with E-state index in [0.29, 0.717) is 12.1 Å². The number of rotatable bonds is 4. The summed E-state index contributed by atoms with van der Waals surface area (Å²) in [5.74, 6) is 0. The molecule has 0 atom stereocenters. The van der Waals surface area contributed by atoms with Crippen molar-refractivity contribution in [2.45, 2.75) is 6.54 Å². The number of para-hydroxylation sites is 4. The summed E-state index contributed by atoms with van der Waals surface area (Å²) in [4.78, 5) is 4.48. The number of imidazole rings is 1. The fourth-order valence-electron chi connectivity index (χ4n) is 2.88. The molecule has 0 spiro atoms. The van der Waals surface area contributed by atoms with Crippen LogP contribution in [0.2, 0.25) is 0 Å². The number of hydrogen-bond acceptors (Lipinski definition) is 3. The molecule has 4 rings (SSSR count). The Kier molecular flexibility index (Phi) is 3.89. The summed E-state index contributed by atoms with van der Waals surface area (Å²) in [5, 5.41) is 12.4. The summed E-state index contributed by atoms with van der Waals surface area (Å²) in [6.07, 6.45) is 1.85. The van der Waals surface area contributed by atoms with Gasteiger partial charge in [0.1, 0.15) is 6.33 Å². The van der Waals surface area contributed by atoms with Gasteiger partial charge in [0.15, 0.2) is 0 Å². The number of anilines is 1. The molecule has 0 amide bonds. The second-order valence-electron chi connectivity index (χ2n) is 5.78. The van der Waals surface area contributed by atoms with Gasteiger partial charge in [0.25, 0.3) is 0 Å². The summed E-state index contributed by atoms with van der Waals surface area (Å²) in [5.41, 5.74) is 5.96. The minimum Gasteiger partial charge on any atom is -0.379 e. The Morgan fingerprint density at radius 2 is 1.68 bits per heavy atom. The Morgan fingerprint density at radius 3 is 2.52 bits per heavy atom. The number of nitriles is 1. The quantitative estimate of drug-likeness (QED) is 0.601. The average molecular weight is 324 g/mol. The molecule has 0 saturated heterocycles. The molecule has 0 radical (unpaired) electrons. The molecule has 0 unspecified atom stereocenters. The van der Waals surface area contributed by atoms with Crippen molar-refractivity contribution in [3.63, 3.8) is 0 Å². The maximum absolute atomic E-state index is 8.89. The van der Waals surface area contributed by atoms with Crippen LogP contribution >= 0.6 is 0 Å². The van der Waals surface area contributed by atoms with Crippen molar-refractivity contribution in [1.29, 1.82) is 5.26 Å². The third-order valence-electron chi connectivity index (χ3n) is 4.18. The fraction of sp³-hybridized carbons (Fsp3) is 0.0476. The van der Waals surface area contributed by atoms with E-state index in [9.17, 15) is 0 Å². The van der Waals surface area contributed by atoms with E-state index in [1.807, 2.05) is 60.9 Å². The summed E-state index contributed by atoms with van der Waals surface area (Å²) < 4.78 is 2.09. The van der Waals surface area contributed by atoms with E-state index < -0.39 is 0 Å². The second-order valence-corrected chi connectivity index (χ2v) is 5.78. The lowest BCUT2D eigenvalue weighted by Crippen LogP contribution is -2.04. The Morgan fingerprint density at radius 1 is 0.920 bits per heavy atom. The second kappa shape index (κ2) is 6.50. The van der Waals surface area contributed by atoms with Crippen molar-refractivity contribution >= 4 is 16.7 Å². The molecule has 3 aromatic carbocycles. The van der Waals surface area contributed by atoms with E-state index >= 15 is 0 Å². The molecule has 1 N–H and O–H groups in total. The van der Waals surface area contributed by atoms with Crippen molar-refractivity contribution in [3.05, 3.63) is 90.3 Å². The van der Waals surface area contributed by atoms with Crippen LogP contribution in [-0.2, 0) is 6.54 Å². The summed E-state index contributed by atoms with van der Waals surface area (Å²) in [7, 11) is 0. The van der Waals surface area contributed by atoms with Gasteiger partial charge in [0.2, 0.25) is 0 Å². The molecule has 120 valence electrons. The van der Waals surface area contributed by atoms with Crippen LogP contribution in [0.4, 0.5) is 5.69 Å². The standard InChI is InChI=1S/C21H16N4/c22-13-16-9-11-17(12-10-16)14-23-18-5-1-3-7-20(18)25-15-24-19-6-2-4-8-21(19)25/h1-12,15,23H,14H2. The first-order valence-corrected chi connectivity index (χ1v) is 8.09. The van der Waals surface area contributed by atoms with Crippen LogP contribution in [0.3, 0.4) is 0 Å². The van der Waals surface area contributed by atoms with Crippen LogP contribution in [0, 0.1) is 11.3 Å². The van der Waals surface area contributed by atoms with Gasteiger partial charge in [-0.15, -0.1) is 0 Å². The molecule has 0 aliphatic carbocycles. The Hall–Kier alpha value is -3.58. The minimum absolute atomic E-state index is 0.675. The van der Waals surface area contributed by atoms with Crippen molar-refractivity contribution in [2.24, 2.45) is 0 Å². The van der Waals surface area contributed by atoms with Gasteiger partial charge in [-0.2, -0.15) is 5.26 Å². The maximum Gasteiger partial charge on any atom is 0.100 e. The zero-order chi connectivity index (χ0) is 17.1. The highest BCUT2D eigenvalue weighted by Crippen LogP contribution is 2.25. The van der Waals surface area contributed by atoms with Gasteiger partial charge in [-0.3, -0.25) is 4.57 Å². The molecule has 1 heterocycles. The molecule has 4 aromatic rings. The molecule has 25 heavy (non-hydrogen) atoms. The van der Waals surface area contributed by atoms with E-state index in [4.69, 9.17) is 5.26 Å². The van der Waals surface area contributed by atoms with E-state index in [1.54, 1.807) is 0 Å².